The van der Waals surface area contributed by atoms with Gasteiger partial charge in [-0.25, -0.2) is 4.98 Å². The van der Waals surface area contributed by atoms with Crippen LogP contribution in [-0.4, -0.2) is 44.3 Å². The third-order valence-electron chi connectivity index (χ3n) is 9.19. The summed E-state index contributed by atoms with van der Waals surface area (Å²) in [5, 5.41) is 10.8. The number of aliphatic carboxylic acids is 1. The number of amides is 1. The third-order valence-corrected chi connectivity index (χ3v) is 9.19. The standard InChI is InChI=1S/C29H32F3N3O4/c1-27(2)19(10-12-28(27,3)26(37)38)15-24(36)34-14-11-21-22-5-4-13-33-25(22)35(23(21)17-34)16-18-6-8-20(9-7-18)39-29(30,31)32/h4-9,13,19H,10-12,14-17H2,1-3H3,(H,37,38)/t19-,28+/m1/s1. The van der Waals surface area contributed by atoms with Crippen LogP contribution in [0.25, 0.3) is 11.0 Å². The number of fused-ring (bicyclic) bond motifs is 3. The molecule has 1 aliphatic heterocycles. The largest absolute Gasteiger partial charge is 0.573 e. The molecule has 5 rings (SSSR count). The number of nitrogens with zero attached hydrogens (tertiary/aromatic N) is 3. The maximum atomic E-state index is 13.5. The van der Waals surface area contributed by atoms with Crippen molar-refractivity contribution < 1.29 is 32.6 Å². The van der Waals surface area contributed by atoms with E-state index in [9.17, 15) is 27.9 Å². The smallest absolute Gasteiger partial charge is 0.481 e. The number of carbonyl (C=O) groups excluding carboxylic acids is 1. The van der Waals surface area contributed by atoms with E-state index in [0.29, 0.717) is 45.3 Å². The molecule has 2 aliphatic rings. The number of alkyl halides is 3. The molecule has 1 fully saturated rings. The van der Waals surface area contributed by atoms with E-state index in [1.165, 1.54) is 12.1 Å². The second-order valence-electron chi connectivity index (χ2n) is 11.4. The molecule has 1 saturated carbocycles. The van der Waals surface area contributed by atoms with Crippen molar-refractivity contribution in [1.29, 1.82) is 0 Å². The van der Waals surface area contributed by atoms with Gasteiger partial charge in [0.1, 0.15) is 11.4 Å². The zero-order valence-corrected chi connectivity index (χ0v) is 22.2. The van der Waals surface area contributed by atoms with E-state index < -0.39 is 23.2 Å². The molecule has 2 atom stereocenters. The van der Waals surface area contributed by atoms with Crippen molar-refractivity contribution in [1.82, 2.24) is 14.5 Å². The molecule has 0 radical (unpaired) electrons. The van der Waals surface area contributed by atoms with Crippen molar-refractivity contribution in [3.63, 3.8) is 0 Å². The summed E-state index contributed by atoms with van der Waals surface area (Å²) in [6.45, 7) is 7.02. The van der Waals surface area contributed by atoms with Crippen LogP contribution in [-0.2, 0) is 29.1 Å². The maximum absolute atomic E-state index is 13.5. The second kappa shape index (κ2) is 9.57. The molecule has 10 heteroatoms. The van der Waals surface area contributed by atoms with Crippen LogP contribution in [0.3, 0.4) is 0 Å². The lowest BCUT2D eigenvalue weighted by atomic mass is 9.65. The molecule has 2 aromatic heterocycles. The molecule has 0 spiro atoms. The Morgan fingerprint density at radius 1 is 1.15 bits per heavy atom. The molecule has 1 aromatic carbocycles. The number of aromatic nitrogens is 2. The molecular weight excluding hydrogens is 511 g/mol. The minimum Gasteiger partial charge on any atom is -0.481 e. The quantitative estimate of drug-likeness (QED) is 0.426. The highest BCUT2D eigenvalue weighted by Crippen LogP contribution is 2.57. The van der Waals surface area contributed by atoms with Gasteiger partial charge in [0.25, 0.3) is 0 Å². The molecule has 1 N–H and O–H groups in total. The third kappa shape index (κ3) is 4.85. The first-order valence-electron chi connectivity index (χ1n) is 13.1. The van der Waals surface area contributed by atoms with Crippen molar-refractivity contribution in [3.05, 3.63) is 59.4 Å². The predicted octanol–water partition coefficient (Wildman–Crippen LogP) is 5.79. The van der Waals surface area contributed by atoms with Crippen LogP contribution in [0.5, 0.6) is 5.75 Å². The fourth-order valence-electron chi connectivity index (χ4n) is 6.30. The summed E-state index contributed by atoms with van der Waals surface area (Å²) in [5.41, 5.74) is 2.24. The van der Waals surface area contributed by atoms with Gasteiger partial charge in [-0.15, -0.1) is 13.2 Å². The molecule has 1 amide bonds. The van der Waals surface area contributed by atoms with Gasteiger partial charge in [-0.2, -0.15) is 0 Å². The van der Waals surface area contributed by atoms with E-state index in [2.05, 4.69) is 9.72 Å². The summed E-state index contributed by atoms with van der Waals surface area (Å²) in [6, 6.07) is 9.64. The van der Waals surface area contributed by atoms with Gasteiger partial charge in [0.2, 0.25) is 5.91 Å². The number of rotatable bonds is 6. The van der Waals surface area contributed by atoms with Gasteiger partial charge in [0.05, 0.1) is 12.0 Å². The van der Waals surface area contributed by atoms with Crippen LogP contribution in [0, 0.1) is 16.7 Å². The average Bonchev–Trinajstić information content (AvgIpc) is 3.31. The van der Waals surface area contributed by atoms with E-state index in [0.717, 1.165) is 27.9 Å². The highest BCUT2D eigenvalue weighted by molar-refractivity contribution is 5.84. The topological polar surface area (TPSA) is 84.7 Å². The summed E-state index contributed by atoms with van der Waals surface area (Å²) in [6.07, 6.45) is -0.852. The Morgan fingerprint density at radius 3 is 2.51 bits per heavy atom. The first kappa shape index (κ1) is 27.0. The maximum Gasteiger partial charge on any atom is 0.573 e. The van der Waals surface area contributed by atoms with Gasteiger partial charge in [-0.05, 0) is 72.9 Å². The Morgan fingerprint density at radius 2 is 1.87 bits per heavy atom. The zero-order chi connectivity index (χ0) is 28.2. The Bertz CT molecular complexity index is 1410. The Kier molecular flexibility index (Phi) is 6.63. The Hall–Kier alpha value is -3.56. The highest BCUT2D eigenvalue weighted by Gasteiger charge is 2.56. The number of carboxylic acid groups (broad SMARTS) is 1. The van der Waals surface area contributed by atoms with Gasteiger partial charge in [0.15, 0.2) is 0 Å². The van der Waals surface area contributed by atoms with Crippen molar-refractivity contribution in [2.75, 3.05) is 6.54 Å². The number of carbonyl (C=O) groups is 2. The number of hydrogen-bond acceptors (Lipinski definition) is 4. The van der Waals surface area contributed by atoms with E-state index in [-0.39, 0.29) is 17.6 Å². The number of hydrogen-bond donors (Lipinski definition) is 1. The monoisotopic (exact) mass is 543 g/mol. The first-order valence-corrected chi connectivity index (χ1v) is 13.1. The minimum atomic E-state index is -4.75. The van der Waals surface area contributed by atoms with Crippen LogP contribution in [0.15, 0.2) is 42.6 Å². The number of halogens is 3. The van der Waals surface area contributed by atoms with Crippen LogP contribution in [0.4, 0.5) is 13.2 Å². The van der Waals surface area contributed by atoms with Gasteiger partial charge < -0.3 is 19.3 Å². The molecule has 1 aliphatic carbocycles. The van der Waals surface area contributed by atoms with Crippen LogP contribution in [0.1, 0.15) is 56.9 Å². The van der Waals surface area contributed by atoms with Crippen molar-refractivity contribution in [2.45, 2.75) is 65.9 Å². The molecule has 208 valence electrons. The summed E-state index contributed by atoms with van der Waals surface area (Å²) in [7, 11) is 0. The highest BCUT2D eigenvalue weighted by atomic mass is 19.4. The fourth-order valence-corrected chi connectivity index (χ4v) is 6.30. The fraction of sp³-hybridized carbons (Fsp3) is 0.483. The molecule has 7 nitrogen and oxygen atoms in total. The van der Waals surface area contributed by atoms with E-state index >= 15 is 0 Å². The summed E-state index contributed by atoms with van der Waals surface area (Å²) >= 11 is 0. The normalized spacial score (nSPS) is 22.6. The number of benzene rings is 1. The van der Waals surface area contributed by atoms with Gasteiger partial charge >= 0.3 is 12.3 Å². The molecule has 3 heterocycles. The predicted molar refractivity (Wildman–Crippen MR) is 138 cm³/mol. The molecule has 0 bridgehead atoms. The van der Waals surface area contributed by atoms with Crippen molar-refractivity contribution >= 4 is 22.9 Å². The summed E-state index contributed by atoms with van der Waals surface area (Å²) in [5.74, 6) is -1.13. The lowest BCUT2D eigenvalue weighted by Gasteiger charge is -2.39. The van der Waals surface area contributed by atoms with Gasteiger partial charge in [0, 0.05) is 36.8 Å². The lowest BCUT2D eigenvalue weighted by Crippen LogP contribution is -2.43. The summed E-state index contributed by atoms with van der Waals surface area (Å²) < 4.78 is 43.7. The van der Waals surface area contributed by atoms with Crippen molar-refractivity contribution in [3.8, 4) is 5.75 Å². The minimum absolute atomic E-state index is 0.00628. The van der Waals surface area contributed by atoms with Crippen LogP contribution in [0.2, 0.25) is 0 Å². The number of carboxylic acids is 1. The van der Waals surface area contributed by atoms with E-state index in [1.54, 1.807) is 25.3 Å². The second-order valence-corrected chi connectivity index (χ2v) is 11.4. The average molecular weight is 544 g/mol. The SMILES string of the molecule is CC1(C)[C@@H](CC(=O)N2CCc3c(n(Cc4ccc(OC(F)(F)F)cc4)c4ncccc34)C2)CC[C@@]1(C)C(=O)O. The Labute approximate surface area is 224 Å². The molecule has 39 heavy (non-hydrogen) atoms. The Balaban J connectivity index is 1.38. The van der Waals surface area contributed by atoms with E-state index in [1.807, 2.05) is 35.4 Å². The number of pyridine rings is 1. The van der Waals surface area contributed by atoms with E-state index in [4.69, 9.17) is 0 Å². The summed E-state index contributed by atoms with van der Waals surface area (Å²) in [4.78, 5) is 31.9. The van der Waals surface area contributed by atoms with Crippen molar-refractivity contribution in [2.24, 2.45) is 16.7 Å². The van der Waals surface area contributed by atoms with Crippen LogP contribution < -0.4 is 4.74 Å². The number of ether oxygens (including phenoxy) is 1. The van der Waals surface area contributed by atoms with Gasteiger partial charge in [-0.1, -0.05) is 26.0 Å². The molecular formula is C29H32F3N3O4. The lowest BCUT2D eigenvalue weighted by molar-refractivity contribution is -0.274. The molecule has 0 saturated heterocycles. The zero-order valence-electron chi connectivity index (χ0n) is 22.2. The van der Waals surface area contributed by atoms with Gasteiger partial charge in [-0.3, -0.25) is 9.59 Å². The molecule has 3 aromatic rings. The first-order chi connectivity index (χ1) is 18.3. The molecule has 0 unspecified atom stereocenters. The van der Waals surface area contributed by atoms with Crippen LogP contribution >= 0.6 is 0 Å².